The summed E-state index contributed by atoms with van der Waals surface area (Å²) in [5, 5.41) is 1.86. The number of aromatic nitrogens is 2. The van der Waals surface area contributed by atoms with Crippen LogP contribution in [0.15, 0.2) is 66.0 Å². The van der Waals surface area contributed by atoms with E-state index >= 15 is 0 Å². The van der Waals surface area contributed by atoms with Crippen molar-refractivity contribution in [2.75, 3.05) is 5.75 Å². The van der Waals surface area contributed by atoms with Gasteiger partial charge in [0.15, 0.2) is 0 Å². The normalized spacial score (nSPS) is 10.7. The van der Waals surface area contributed by atoms with Gasteiger partial charge in [-0.1, -0.05) is 60.3 Å². The van der Waals surface area contributed by atoms with E-state index in [0.717, 1.165) is 21.5 Å². The lowest BCUT2D eigenvalue weighted by Gasteiger charge is -2.04. The first kappa shape index (κ1) is 13.8. The largest absolute Gasteiger partial charge is 0.298 e. The first-order valence-corrected chi connectivity index (χ1v) is 7.69. The standard InChI is InChI=1S/C17H14N2OS/c20-14(10-13-6-2-1-3-7-13)11-21-17-15-8-4-5-9-16(15)18-12-19-17/h1-9,12H,10-11H2. The Labute approximate surface area is 127 Å². The van der Waals surface area contributed by atoms with E-state index in [0.29, 0.717) is 12.2 Å². The fourth-order valence-corrected chi connectivity index (χ4v) is 2.97. The third kappa shape index (κ3) is 3.47. The molecule has 0 radical (unpaired) electrons. The van der Waals surface area contributed by atoms with Gasteiger partial charge in [0.2, 0.25) is 0 Å². The Bertz CT molecular complexity index is 754. The highest BCUT2D eigenvalue weighted by molar-refractivity contribution is 8.00. The number of hydrogen-bond donors (Lipinski definition) is 0. The van der Waals surface area contributed by atoms with Crippen molar-refractivity contribution in [1.82, 2.24) is 9.97 Å². The van der Waals surface area contributed by atoms with Crippen LogP contribution in [0.4, 0.5) is 0 Å². The van der Waals surface area contributed by atoms with E-state index in [1.807, 2.05) is 54.6 Å². The molecule has 0 aliphatic heterocycles. The lowest BCUT2D eigenvalue weighted by Crippen LogP contribution is -2.05. The van der Waals surface area contributed by atoms with Gasteiger partial charge in [-0.3, -0.25) is 4.79 Å². The quantitative estimate of drug-likeness (QED) is 0.533. The number of ketones is 1. The molecule has 0 atom stereocenters. The number of carbonyl (C=O) groups excluding carboxylic acids is 1. The maximum absolute atomic E-state index is 12.1. The second-order valence-electron chi connectivity index (χ2n) is 4.69. The van der Waals surface area contributed by atoms with E-state index in [9.17, 15) is 4.79 Å². The van der Waals surface area contributed by atoms with Crippen LogP contribution in [0, 0.1) is 0 Å². The van der Waals surface area contributed by atoms with Crippen LogP contribution in [0.3, 0.4) is 0 Å². The number of carbonyl (C=O) groups is 1. The minimum Gasteiger partial charge on any atom is -0.298 e. The number of para-hydroxylation sites is 1. The molecular formula is C17H14N2OS. The van der Waals surface area contributed by atoms with Gasteiger partial charge >= 0.3 is 0 Å². The van der Waals surface area contributed by atoms with Crippen molar-refractivity contribution in [2.24, 2.45) is 0 Å². The van der Waals surface area contributed by atoms with Gasteiger partial charge in [-0.2, -0.15) is 0 Å². The zero-order chi connectivity index (χ0) is 14.5. The molecule has 104 valence electrons. The third-order valence-electron chi connectivity index (χ3n) is 3.12. The van der Waals surface area contributed by atoms with Crippen LogP contribution in [-0.2, 0) is 11.2 Å². The molecule has 0 aliphatic rings. The summed E-state index contributed by atoms with van der Waals surface area (Å²) in [6.45, 7) is 0. The summed E-state index contributed by atoms with van der Waals surface area (Å²) in [4.78, 5) is 20.6. The Hall–Kier alpha value is -2.20. The van der Waals surface area contributed by atoms with Crippen molar-refractivity contribution in [3.05, 3.63) is 66.5 Å². The number of thioether (sulfide) groups is 1. The zero-order valence-corrected chi connectivity index (χ0v) is 12.2. The van der Waals surface area contributed by atoms with Crippen molar-refractivity contribution in [3.63, 3.8) is 0 Å². The van der Waals surface area contributed by atoms with Crippen LogP contribution in [0.1, 0.15) is 5.56 Å². The van der Waals surface area contributed by atoms with Gasteiger partial charge in [0.05, 0.1) is 11.3 Å². The monoisotopic (exact) mass is 294 g/mol. The molecule has 4 heteroatoms. The number of rotatable bonds is 5. The van der Waals surface area contributed by atoms with E-state index in [1.165, 1.54) is 11.8 Å². The molecular weight excluding hydrogens is 280 g/mol. The van der Waals surface area contributed by atoms with Crippen molar-refractivity contribution in [3.8, 4) is 0 Å². The number of fused-ring (bicyclic) bond motifs is 1. The van der Waals surface area contributed by atoms with Gasteiger partial charge in [-0.05, 0) is 11.6 Å². The maximum Gasteiger partial charge on any atom is 0.147 e. The third-order valence-corrected chi connectivity index (χ3v) is 4.19. The summed E-state index contributed by atoms with van der Waals surface area (Å²) in [6, 6.07) is 17.7. The van der Waals surface area contributed by atoms with E-state index < -0.39 is 0 Å². The summed E-state index contributed by atoms with van der Waals surface area (Å²) in [7, 11) is 0. The van der Waals surface area contributed by atoms with Gasteiger partial charge < -0.3 is 0 Å². The molecule has 0 bridgehead atoms. The van der Waals surface area contributed by atoms with Crippen molar-refractivity contribution >= 4 is 28.4 Å². The van der Waals surface area contributed by atoms with E-state index in [-0.39, 0.29) is 5.78 Å². The molecule has 3 aromatic rings. The van der Waals surface area contributed by atoms with E-state index in [1.54, 1.807) is 6.33 Å². The van der Waals surface area contributed by atoms with E-state index in [4.69, 9.17) is 0 Å². The van der Waals surface area contributed by atoms with Gasteiger partial charge in [0, 0.05) is 11.8 Å². The molecule has 0 saturated carbocycles. The number of benzene rings is 2. The predicted octanol–water partition coefficient (Wildman–Crippen LogP) is 3.53. The van der Waals surface area contributed by atoms with Gasteiger partial charge in [0.1, 0.15) is 17.1 Å². The van der Waals surface area contributed by atoms with Gasteiger partial charge in [-0.25, -0.2) is 9.97 Å². The molecule has 1 aromatic heterocycles. The average Bonchev–Trinajstić information content (AvgIpc) is 2.54. The van der Waals surface area contributed by atoms with Gasteiger partial charge in [0.25, 0.3) is 0 Å². The molecule has 0 N–H and O–H groups in total. The summed E-state index contributed by atoms with van der Waals surface area (Å²) in [6.07, 6.45) is 2.02. The highest BCUT2D eigenvalue weighted by Crippen LogP contribution is 2.24. The molecule has 0 amide bonds. The molecule has 0 spiro atoms. The lowest BCUT2D eigenvalue weighted by atomic mass is 10.1. The SMILES string of the molecule is O=C(CSc1ncnc2ccccc12)Cc1ccccc1. The number of Topliss-reactive ketones (excluding diaryl/α,β-unsaturated/α-hetero) is 1. The van der Waals surface area contributed by atoms with Gasteiger partial charge in [-0.15, -0.1) is 0 Å². The molecule has 2 aromatic carbocycles. The van der Waals surface area contributed by atoms with Crippen LogP contribution >= 0.6 is 11.8 Å². The Kier molecular flexibility index (Phi) is 4.26. The fourth-order valence-electron chi connectivity index (χ4n) is 2.12. The molecule has 0 saturated heterocycles. The predicted molar refractivity (Wildman–Crippen MR) is 85.4 cm³/mol. The summed E-state index contributed by atoms with van der Waals surface area (Å²) < 4.78 is 0. The van der Waals surface area contributed by atoms with Crippen molar-refractivity contribution < 1.29 is 4.79 Å². The Morgan fingerprint density at radius 1 is 0.952 bits per heavy atom. The number of nitrogens with zero attached hydrogens (tertiary/aromatic N) is 2. The molecule has 3 nitrogen and oxygen atoms in total. The summed E-state index contributed by atoms with van der Waals surface area (Å²) in [5.41, 5.74) is 1.96. The minimum atomic E-state index is 0.203. The highest BCUT2D eigenvalue weighted by atomic mass is 32.2. The Morgan fingerprint density at radius 3 is 2.57 bits per heavy atom. The second kappa shape index (κ2) is 6.50. The van der Waals surface area contributed by atoms with Crippen LogP contribution in [0.5, 0.6) is 0 Å². The average molecular weight is 294 g/mol. The molecule has 3 rings (SSSR count). The molecule has 21 heavy (non-hydrogen) atoms. The minimum absolute atomic E-state index is 0.203. The zero-order valence-electron chi connectivity index (χ0n) is 11.4. The molecule has 0 fully saturated rings. The van der Waals surface area contributed by atoms with Crippen LogP contribution in [0.25, 0.3) is 10.9 Å². The lowest BCUT2D eigenvalue weighted by molar-refractivity contribution is -0.116. The second-order valence-corrected chi connectivity index (χ2v) is 5.65. The maximum atomic E-state index is 12.1. The molecule has 0 unspecified atom stereocenters. The first-order valence-electron chi connectivity index (χ1n) is 6.71. The van der Waals surface area contributed by atoms with Crippen LogP contribution < -0.4 is 0 Å². The highest BCUT2D eigenvalue weighted by Gasteiger charge is 2.08. The Balaban J connectivity index is 1.68. The van der Waals surface area contributed by atoms with Crippen LogP contribution in [0.2, 0.25) is 0 Å². The number of hydrogen-bond acceptors (Lipinski definition) is 4. The first-order chi connectivity index (χ1) is 10.3. The summed E-state index contributed by atoms with van der Waals surface area (Å²) >= 11 is 1.48. The topological polar surface area (TPSA) is 42.9 Å². The Morgan fingerprint density at radius 2 is 1.71 bits per heavy atom. The van der Waals surface area contributed by atoms with Crippen LogP contribution in [-0.4, -0.2) is 21.5 Å². The molecule has 1 heterocycles. The van der Waals surface area contributed by atoms with Crippen molar-refractivity contribution in [1.29, 1.82) is 0 Å². The van der Waals surface area contributed by atoms with E-state index in [2.05, 4.69) is 9.97 Å². The van der Waals surface area contributed by atoms with Crippen molar-refractivity contribution in [2.45, 2.75) is 11.4 Å². The summed E-state index contributed by atoms with van der Waals surface area (Å²) in [5.74, 6) is 0.629. The molecule has 0 aliphatic carbocycles. The fraction of sp³-hybridized carbons (Fsp3) is 0.118. The smallest absolute Gasteiger partial charge is 0.147 e.